The van der Waals surface area contributed by atoms with Gasteiger partial charge in [-0.05, 0) is 76.6 Å². The number of carbonyl (C=O) groups excluding carboxylic acids is 1. The highest BCUT2D eigenvalue weighted by molar-refractivity contribution is 9.10. The molecule has 0 aromatic heterocycles. The van der Waals surface area contributed by atoms with Gasteiger partial charge < -0.3 is 10.1 Å². The predicted octanol–water partition coefficient (Wildman–Crippen LogP) is 4.43. The molecule has 1 N–H and O–H groups in total. The highest BCUT2D eigenvalue weighted by Gasteiger charge is 2.27. The summed E-state index contributed by atoms with van der Waals surface area (Å²) in [4.78, 5) is 12.5. The van der Waals surface area contributed by atoms with Gasteiger partial charge in [0, 0.05) is 4.47 Å². The van der Waals surface area contributed by atoms with E-state index in [1.165, 1.54) is 19.2 Å². The van der Waals surface area contributed by atoms with Gasteiger partial charge in [-0.2, -0.15) is 0 Å². The second kappa shape index (κ2) is 9.27. The Balaban J connectivity index is 1.95. The van der Waals surface area contributed by atoms with Crippen molar-refractivity contribution >= 4 is 43.2 Å². The summed E-state index contributed by atoms with van der Waals surface area (Å²) < 4.78 is 46.5. The first-order chi connectivity index (χ1) is 14.3. The maximum Gasteiger partial charge on any atom is 0.264 e. The van der Waals surface area contributed by atoms with E-state index in [0.717, 1.165) is 28.6 Å². The van der Waals surface area contributed by atoms with Crippen LogP contribution in [0, 0.1) is 5.82 Å². The molecule has 0 heterocycles. The van der Waals surface area contributed by atoms with Crippen LogP contribution in [0.3, 0.4) is 0 Å². The van der Waals surface area contributed by atoms with Crippen LogP contribution in [0.25, 0.3) is 0 Å². The highest BCUT2D eigenvalue weighted by atomic mass is 79.9. The fourth-order valence-corrected chi connectivity index (χ4v) is 4.48. The van der Waals surface area contributed by atoms with Crippen molar-refractivity contribution in [1.29, 1.82) is 0 Å². The van der Waals surface area contributed by atoms with Crippen LogP contribution in [0.15, 0.2) is 82.2 Å². The molecule has 0 bridgehead atoms. The molecule has 156 valence electrons. The van der Waals surface area contributed by atoms with Gasteiger partial charge in [0.1, 0.15) is 18.1 Å². The summed E-state index contributed by atoms with van der Waals surface area (Å²) in [7, 11) is -2.64. The van der Waals surface area contributed by atoms with E-state index in [9.17, 15) is 17.6 Å². The molecule has 0 aliphatic rings. The Labute approximate surface area is 182 Å². The molecular weight excluding hydrogens is 475 g/mol. The van der Waals surface area contributed by atoms with Crippen molar-refractivity contribution in [3.8, 4) is 5.75 Å². The number of ether oxygens (including phenoxy) is 1. The third-order valence-electron chi connectivity index (χ3n) is 4.20. The minimum Gasteiger partial charge on any atom is -0.497 e. The van der Waals surface area contributed by atoms with E-state index in [1.54, 1.807) is 36.4 Å². The number of halogens is 2. The van der Waals surface area contributed by atoms with Crippen molar-refractivity contribution in [3.05, 3.63) is 83.1 Å². The number of hydrogen-bond acceptors (Lipinski definition) is 4. The highest BCUT2D eigenvalue weighted by Crippen LogP contribution is 2.27. The van der Waals surface area contributed by atoms with Crippen LogP contribution < -0.4 is 14.4 Å². The fourth-order valence-electron chi connectivity index (χ4n) is 2.68. The van der Waals surface area contributed by atoms with Gasteiger partial charge in [-0.3, -0.25) is 9.10 Å². The second-order valence-electron chi connectivity index (χ2n) is 6.19. The molecule has 0 aliphatic carbocycles. The van der Waals surface area contributed by atoms with E-state index in [2.05, 4.69) is 21.2 Å². The molecule has 0 aliphatic heterocycles. The van der Waals surface area contributed by atoms with Crippen LogP contribution in [0.2, 0.25) is 0 Å². The number of amides is 1. The van der Waals surface area contributed by atoms with Crippen LogP contribution in [0.4, 0.5) is 15.8 Å². The summed E-state index contributed by atoms with van der Waals surface area (Å²) in [6.07, 6.45) is 0. The lowest BCUT2D eigenvalue weighted by Crippen LogP contribution is -2.38. The average molecular weight is 493 g/mol. The molecule has 1 amide bonds. The van der Waals surface area contributed by atoms with Crippen LogP contribution in [0.5, 0.6) is 5.75 Å². The number of carbonyl (C=O) groups is 1. The third-order valence-corrected chi connectivity index (χ3v) is 6.68. The Bertz CT molecular complexity index is 1140. The molecule has 3 aromatic rings. The zero-order valence-corrected chi connectivity index (χ0v) is 18.3. The molecule has 6 nitrogen and oxygen atoms in total. The van der Waals surface area contributed by atoms with E-state index in [1.807, 2.05) is 0 Å². The largest absolute Gasteiger partial charge is 0.497 e. The fraction of sp³-hybridized carbons (Fsp3) is 0.0952. The molecule has 3 aromatic carbocycles. The first-order valence-electron chi connectivity index (χ1n) is 8.78. The zero-order valence-electron chi connectivity index (χ0n) is 15.9. The molecule has 9 heteroatoms. The first-order valence-corrected chi connectivity index (χ1v) is 11.0. The zero-order chi connectivity index (χ0) is 21.7. The average Bonchev–Trinajstić information content (AvgIpc) is 2.74. The number of methoxy groups -OCH3 is 1. The molecule has 3 rings (SSSR count). The Morgan fingerprint density at radius 1 is 1.03 bits per heavy atom. The van der Waals surface area contributed by atoms with Crippen LogP contribution in [-0.2, 0) is 14.8 Å². The normalized spacial score (nSPS) is 11.0. The molecule has 0 atom stereocenters. The third kappa shape index (κ3) is 4.98. The van der Waals surface area contributed by atoms with Crippen LogP contribution in [-0.4, -0.2) is 28.0 Å². The Kier molecular flexibility index (Phi) is 6.73. The van der Waals surface area contributed by atoms with Gasteiger partial charge in [-0.1, -0.05) is 12.1 Å². The molecule has 0 radical (unpaired) electrons. The van der Waals surface area contributed by atoms with Gasteiger partial charge in [0.05, 0.1) is 23.4 Å². The maximum atomic E-state index is 13.3. The minimum atomic E-state index is -4.13. The lowest BCUT2D eigenvalue weighted by atomic mass is 10.3. The topological polar surface area (TPSA) is 75.7 Å². The standard InChI is InChI=1S/C21H18BrFN2O4S/c1-29-17-10-8-16(9-11-17)25(30(27,28)18-12-6-15(23)7-13-18)14-21(26)24-20-5-3-2-4-19(20)22/h2-13H,14H2,1H3,(H,24,26). The van der Waals surface area contributed by atoms with Crippen molar-refractivity contribution in [2.75, 3.05) is 23.3 Å². The summed E-state index contributed by atoms with van der Waals surface area (Å²) in [5.74, 6) is -0.560. The molecule has 0 saturated carbocycles. The number of sulfonamides is 1. The summed E-state index contributed by atoms with van der Waals surface area (Å²) >= 11 is 3.34. The van der Waals surface area contributed by atoms with Crippen molar-refractivity contribution in [2.24, 2.45) is 0 Å². The number of nitrogens with zero attached hydrogens (tertiary/aromatic N) is 1. The number of rotatable bonds is 7. The van der Waals surface area contributed by atoms with E-state index in [-0.39, 0.29) is 10.6 Å². The van der Waals surface area contributed by atoms with Gasteiger partial charge in [0.2, 0.25) is 5.91 Å². The van der Waals surface area contributed by atoms with Gasteiger partial charge in [0.25, 0.3) is 10.0 Å². The molecule has 0 unspecified atom stereocenters. The van der Waals surface area contributed by atoms with E-state index < -0.39 is 28.3 Å². The Hall–Kier alpha value is -2.91. The van der Waals surface area contributed by atoms with Crippen molar-refractivity contribution in [1.82, 2.24) is 0 Å². The van der Waals surface area contributed by atoms with Gasteiger partial charge in [0.15, 0.2) is 0 Å². The number of para-hydroxylation sites is 1. The first kappa shape index (κ1) is 21.8. The van der Waals surface area contributed by atoms with Crippen molar-refractivity contribution in [2.45, 2.75) is 4.90 Å². The van der Waals surface area contributed by atoms with Crippen molar-refractivity contribution < 1.29 is 22.3 Å². The quantitative estimate of drug-likeness (QED) is 0.529. The summed E-state index contributed by atoms with van der Waals surface area (Å²) in [5.41, 5.74) is 0.777. The van der Waals surface area contributed by atoms with E-state index in [4.69, 9.17) is 4.74 Å². The van der Waals surface area contributed by atoms with Crippen LogP contribution >= 0.6 is 15.9 Å². The molecule has 0 fully saturated rings. The number of anilines is 2. The number of hydrogen-bond donors (Lipinski definition) is 1. The molecule has 30 heavy (non-hydrogen) atoms. The summed E-state index contributed by atoms with van der Waals surface area (Å²) in [5, 5.41) is 2.69. The SMILES string of the molecule is COc1ccc(N(CC(=O)Nc2ccccc2Br)S(=O)(=O)c2ccc(F)cc2)cc1. The molecular formula is C21H18BrFN2O4S. The molecule has 0 spiro atoms. The Morgan fingerprint density at radius 3 is 2.27 bits per heavy atom. The van der Waals surface area contributed by atoms with E-state index in [0.29, 0.717) is 15.9 Å². The van der Waals surface area contributed by atoms with Gasteiger partial charge in [-0.25, -0.2) is 12.8 Å². The molecule has 0 saturated heterocycles. The van der Waals surface area contributed by atoms with Crippen LogP contribution in [0.1, 0.15) is 0 Å². The smallest absolute Gasteiger partial charge is 0.264 e. The minimum absolute atomic E-state index is 0.131. The number of nitrogens with one attached hydrogen (secondary N) is 1. The maximum absolute atomic E-state index is 13.3. The van der Waals surface area contributed by atoms with Gasteiger partial charge >= 0.3 is 0 Å². The van der Waals surface area contributed by atoms with Gasteiger partial charge in [-0.15, -0.1) is 0 Å². The lowest BCUT2D eigenvalue weighted by molar-refractivity contribution is -0.114. The second-order valence-corrected chi connectivity index (χ2v) is 8.91. The summed E-state index contributed by atoms with van der Waals surface area (Å²) in [6.45, 7) is -0.479. The summed E-state index contributed by atoms with van der Waals surface area (Å²) in [6, 6.07) is 17.7. The predicted molar refractivity (Wildman–Crippen MR) is 117 cm³/mol. The van der Waals surface area contributed by atoms with Crippen molar-refractivity contribution in [3.63, 3.8) is 0 Å². The van der Waals surface area contributed by atoms with E-state index >= 15 is 0 Å². The Morgan fingerprint density at radius 2 is 1.67 bits per heavy atom. The lowest BCUT2D eigenvalue weighted by Gasteiger charge is -2.24. The monoisotopic (exact) mass is 492 g/mol. The number of benzene rings is 3.